The predicted octanol–water partition coefficient (Wildman–Crippen LogP) is 12.3. The number of hydrogen-bond acceptors (Lipinski definition) is 1. The summed E-state index contributed by atoms with van der Waals surface area (Å²) in [5, 5.41) is 4.88. The van der Waals surface area contributed by atoms with Gasteiger partial charge in [-0.3, -0.25) is 0 Å². The van der Waals surface area contributed by atoms with Crippen LogP contribution in [0.15, 0.2) is 156 Å². The highest BCUT2D eigenvalue weighted by Gasteiger charge is 2.36. The quantitative estimate of drug-likeness (QED) is 0.197. The second-order valence-corrected chi connectivity index (χ2v) is 13.3. The van der Waals surface area contributed by atoms with Gasteiger partial charge in [-0.25, -0.2) is 0 Å². The van der Waals surface area contributed by atoms with E-state index in [1.807, 2.05) is 12.1 Å². The summed E-state index contributed by atoms with van der Waals surface area (Å²) in [6.07, 6.45) is 0. The van der Waals surface area contributed by atoms with Gasteiger partial charge in [0.25, 0.3) is 0 Å². The summed E-state index contributed by atoms with van der Waals surface area (Å²) in [7, 11) is 0. The third-order valence-electron chi connectivity index (χ3n) is 10.4. The minimum absolute atomic E-state index is 0.0578. The summed E-state index contributed by atoms with van der Waals surface area (Å²) >= 11 is 0. The molecule has 10 rings (SSSR count). The number of para-hydroxylation sites is 3. The van der Waals surface area contributed by atoms with Crippen molar-refractivity contribution in [1.82, 2.24) is 4.57 Å². The molecule has 2 aromatic heterocycles. The molecular formula is C45H31NO. The van der Waals surface area contributed by atoms with Crippen LogP contribution in [-0.4, -0.2) is 4.57 Å². The molecule has 1 aliphatic rings. The molecule has 2 heteroatoms. The van der Waals surface area contributed by atoms with Gasteiger partial charge in [0.1, 0.15) is 11.2 Å². The summed E-state index contributed by atoms with van der Waals surface area (Å²) in [6.45, 7) is 4.71. The number of hydrogen-bond donors (Lipinski definition) is 0. The van der Waals surface area contributed by atoms with Crippen molar-refractivity contribution in [2.24, 2.45) is 0 Å². The molecular weight excluding hydrogens is 571 g/mol. The maximum Gasteiger partial charge on any atom is 0.143 e. The van der Waals surface area contributed by atoms with Crippen molar-refractivity contribution in [3.63, 3.8) is 0 Å². The Morgan fingerprint density at radius 1 is 0.447 bits per heavy atom. The minimum Gasteiger partial charge on any atom is -0.455 e. The maximum atomic E-state index is 6.34. The van der Waals surface area contributed by atoms with Crippen molar-refractivity contribution >= 4 is 43.7 Å². The Morgan fingerprint density at radius 3 is 2.04 bits per heavy atom. The zero-order valence-electron chi connectivity index (χ0n) is 26.3. The van der Waals surface area contributed by atoms with Crippen molar-refractivity contribution in [2.75, 3.05) is 0 Å². The van der Waals surface area contributed by atoms with Crippen LogP contribution in [-0.2, 0) is 5.41 Å². The van der Waals surface area contributed by atoms with E-state index in [-0.39, 0.29) is 5.41 Å². The third-order valence-corrected chi connectivity index (χ3v) is 10.4. The van der Waals surface area contributed by atoms with Gasteiger partial charge in [0.15, 0.2) is 0 Å². The Morgan fingerprint density at radius 2 is 1.15 bits per heavy atom. The highest BCUT2D eigenvalue weighted by molar-refractivity contribution is 6.12. The zero-order chi connectivity index (χ0) is 31.3. The normalized spacial score (nSPS) is 13.5. The van der Waals surface area contributed by atoms with E-state index in [0.717, 1.165) is 38.8 Å². The summed E-state index contributed by atoms with van der Waals surface area (Å²) in [6, 6.07) is 55.1. The lowest BCUT2D eigenvalue weighted by Crippen LogP contribution is -2.14. The van der Waals surface area contributed by atoms with Gasteiger partial charge in [0.2, 0.25) is 0 Å². The lowest BCUT2D eigenvalue weighted by atomic mass is 9.82. The van der Waals surface area contributed by atoms with Crippen molar-refractivity contribution < 1.29 is 4.42 Å². The molecule has 0 aliphatic heterocycles. The van der Waals surface area contributed by atoms with Crippen molar-refractivity contribution in [3.8, 4) is 39.1 Å². The first-order chi connectivity index (χ1) is 23.1. The average molecular weight is 602 g/mol. The van der Waals surface area contributed by atoms with Gasteiger partial charge in [0.05, 0.1) is 11.0 Å². The number of nitrogens with zero attached hydrogens (tertiary/aromatic N) is 1. The fourth-order valence-electron chi connectivity index (χ4n) is 8.08. The molecule has 0 atom stereocenters. The van der Waals surface area contributed by atoms with Gasteiger partial charge in [-0.05, 0) is 75.3 Å². The van der Waals surface area contributed by atoms with Crippen LogP contribution < -0.4 is 0 Å². The van der Waals surface area contributed by atoms with Gasteiger partial charge in [0, 0.05) is 38.2 Å². The molecule has 0 radical (unpaired) electrons. The van der Waals surface area contributed by atoms with Crippen molar-refractivity contribution in [2.45, 2.75) is 19.3 Å². The molecule has 1 aliphatic carbocycles. The summed E-state index contributed by atoms with van der Waals surface area (Å²) in [5.41, 5.74) is 15.6. The molecule has 47 heavy (non-hydrogen) atoms. The van der Waals surface area contributed by atoms with Crippen LogP contribution in [0.25, 0.3) is 82.8 Å². The first kappa shape index (κ1) is 26.4. The van der Waals surface area contributed by atoms with E-state index in [1.165, 1.54) is 55.2 Å². The Labute approximate surface area is 273 Å². The summed E-state index contributed by atoms with van der Waals surface area (Å²) < 4.78 is 8.78. The summed E-state index contributed by atoms with van der Waals surface area (Å²) in [5.74, 6) is 0. The van der Waals surface area contributed by atoms with Gasteiger partial charge >= 0.3 is 0 Å². The molecule has 0 bridgehead atoms. The second-order valence-electron chi connectivity index (χ2n) is 13.3. The fourth-order valence-corrected chi connectivity index (χ4v) is 8.08. The Kier molecular flexibility index (Phi) is 5.37. The van der Waals surface area contributed by atoms with Gasteiger partial charge in [-0.15, -0.1) is 0 Å². The number of furan rings is 1. The minimum atomic E-state index is -0.0578. The highest BCUT2D eigenvalue weighted by Crippen LogP contribution is 2.51. The molecule has 0 spiro atoms. The lowest BCUT2D eigenvalue weighted by Gasteiger charge is -2.21. The molecule has 0 saturated carbocycles. The third kappa shape index (κ3) is 3.73. The van der Waals surface area contributed by atoms with E-state index in [4.69, 9.17) is 4.42 Å². The van der Waals surface area contributed by atoms with E-state index in [0.29, 0.717) is 0 Å². The van der Waals surface area contributed by atoms with Crippen LogP contribution in [0.2, 0.25) is 0 Å². The van der Waals surface area contributed by atoms with Crippen molar-refractivity contribution in [3.05, 3.63) is 163 Å². The van der Waals surface area contributed by atoms with E-state index in [1.54, 1.807) is 0 Å². The number of aromatic nitrogens is 1. The molecule has 0 saturated heterocycles. The van der Waals surface area contributed by atoms with Crippen LogP contribution in [0.5, 0.6) is 0 Å². The highest BCUT2D eigenvalue weighted by atomic mass is 16.3. The van der Waals surface area contributed by atoms with E-state index in [2.05, 4.69) is 158 Å². The molecule has 0 amide bonds. The molecule has 9 aromatic rings. The number of benzene rings is 7. The van der Waals surface area contributed by atoms with Crippen LogP contribution in [0.4, 0.5) is 0 Å². The Balaban J connectivity index is 1.10. The van der Waals surface area contributed by atoms with Crippen LogP contribution in [0.1, 0.15) is 25.0 Å². The van der Waals surface area contributed by atoms with Gasteiger partial charge < -0.3 is 8.98 Å². The van der Waals surface area contributed by atoms with E-state index < -0.39 is 0 Å². The first-order valence-electron chi connectivity index (χ1n) is 16.4. The SMILES string of the molecule is CC1(C)c2ccccc2-c2cc3c4ccccc4n(-c4cccc(-c5ccc(-c6cccc7c6oc6ccccc67)cc5)c4)c3cc21. The van der Waals surface area contributed by atoms with Crippen LogP contribution in [0, 0.1) is 0 Å². The van der Waals surface area contributed by atoms with Gasteiger partial charge in [-0.2, -0.15) is 0 Å². The Hall–Kier alpha value is -5.86. The molecule has 0 unspecified atom stereocenters. The van der Waals surface area contributed by atoms with E-state index in [9.17, 15) is 0 Å². The van der Waals surface area contributed by atoms with Crippen LogP contribution >= 0.6 is 0 Å². The standard InChI is InChI=1S/C45H31NO/c1-45(2)39-18-6-3-13-33(39)37-26-38-34-14-4-7-19-41(34)46(42(38)27-40(37)45)31-12-9-11-30(25-31)28-21-23-29(24-22-28)32-16-10-17-36-35-15-5-8-20-43(35)47-44(32)36/h3-27H,1-2H3. The lowest BCUT2D eigenvalue weighted by molar-refractivity contribution is 0.661. The maximum absolute atomic E-state index is 6.34. The molecule has 0 fully saturated rings. The van der Waals surface area contributed by atoms with E-state index >= 15 is 0 Å². The monoisotopic (exact) mass is 601 g/mol. The van der Waals surface area contributed by atoms with Gasteiger partial charge in [-0.1, -0.05) is 129 Å². The van der Waals surface area contributed by atoms with Crippen molar-refractivity contribution in [1.29, 1.82) is 0 Å². The molecule has 2 heterocycles. The molecule has 2 nitrogen and oxygen atoms in total. The zero-order valence-corrected chi connectivity index (χ0v) is 26.3. The first-order valence-corrected chi connectivity index (χ1v) is 16.4. The average Bonchev–Trinajstić information content (AvgIpc) is 3.73. The largest absolute Gasteiger partial charge is 0.455 e. The molecule has 7 aromatic carbocycles. The fraction of sp³-hybridized carbons (Fsp3) is 0.0667. The molecule has 222 valence electrons. The molecule has 0 N–H and O–H groups in total. The Bertz CT molecular complexity index is 2700. The second kappa shape index (κ2) is 9.57. The number of rotatable bonds is 3. The number of fused-ring (bicyclic) bond motifs is 9. The predicted molar refractivity (Wildman–Crippen MR) is 196 cm³/mol. The summed E-state index contributed by atoms with van der Waals surface area (Å²) in [4.78, 5) is 0. The topological polar surface area (TPSA) is 18.1 Å². The smallest absolute Gasteiger partial charge is 0.143 e. The van der Waals surface area contributed by atoms with Crippen LogP contribution in [0.3, 0.4) is 0 Å².